The van der Waals surface area contributed by atoms with E-state index in [4.69, 9.17) is 28.4 Å². The van der Waals surface area contributed by atoms with Crippen molar-refractivity contribution in [1.29, 1.82) is 0 Å². The van der Waals surface area contributed by atoms with Crippen LogP contribution >= 0.6 is 0 Å². The number of allylic oxidation sites excluding steroid dienone is 1. The zero-order valence-corrected chi connectivity index (χ0v) is 47.9. The molecular weight excluding hydrogens is 1010 g/mol. The van der Waals surface area contributed by atoms with Crippen molar-refractivity contribution in [1.82, 2.24) is 5.32 Å². The maximum Gasteiger partial charge on any atom is 0.220 e. The number of hydrogen-bond acceptors (Lipinski definition) is 18. The molecular formula is C59H111NO18. The van der Waals surface area contributed by atoms with Gasteiger partial charge in [-0.15, -0.1) is 0 Å². The van der Waals surface area contributed by atoms with Gasteiger partial charge in [0.2, 0.25) is 5.91 Å². The Kier molecular flexibility index (Phi) is 39.2. The first-order valence-corrected chi connectivity index (χ1v) is 30.9. The Morgan fingerprint density at radius 3 is 1.21 bits per heavy atom. The summed E-state index contributed by atoms with van der Waals surface area (Å²) in [6, 6.07) is -0.966. The molecule has 0 aromatic rings. The van der Waals surface area contributed by atoms with Crippen molar-refractivity contribution < 1.29 is 89.4 Å². The van der Waals surface area contributed by atoms with Crippen LogP contribution in [0, 0.1) is 0 Å². The van der Waals surface area contributed by atoms with Crippen LogP contribution in [0.1, 0.15) is 226 Å². The summed E-state index contributed by atoms with van der Waals surface area (Å²) in [7, 11) is 0. The molecule has 3 heterocycles. The quantitative estimate of drug-likeness (QED) is 0.0254. The lowest BCUT2D eigenvalue weighted by atomic mass is 9.96. The average molecular weight is 1120 g/mol. The smallest absolute Gasteiger partial charge is 0.220 e. The first-order chi connectivity index (χ1) is 37.8. The first-order valence-electron chi connectivity index (χ1n) is 30.9. The summed E-state index contributed by atoms with van der Waals surface area (Å²) in [6.45, 7) is 1.72. The second-order valence-corrected chi connectivity index (χ2v) is 22.5. The Morgan fingerprint density at radius 2 is 0.795 bits per heavy atom. The molecule has 19 heteroatoms. The Bertz CT molecular complexity index is 1480. The fourth-order valence-corrected chi connectivity index (χ4v) is 10.7. The predicted octanol–water partition coefficient (Wildman–Crippen LogP) is 5.77. The molecule has 460 valence electrons. The van der Waals surface area contributed by atoms with Crippen LogP contribution in [0.25, 0.3) is 0 Å². The Hall–Kier alpha value is -1.47. The third kappa shape index (κ3) is 26.8. The SMILES string of the molecule is CCCCCCCCCCC/C=C/C(O)C(COC1OC(CO)C(OC2OC(CO)C(OC3OC(CO)C(O)C(O)C3O)C(O)C2O)C(O)C1O)NC(=O)CCCCCCCCCCCCCCCCCCCCCCCC. The number of hydrogen-bond donors (Lipinski definition) is 12. The molecule has 19 nitrogen and oxygen atoms in total. The van der Waals surface area contributed by atoms with Crippen molar-refractivity contribution in [3.8, 4) is 0 Å². The lowest BCUT2D eigenvalue weighted by Gasteiger charge is -2.48. The van der Waals surface area contributed by atoms with Gasteiger partial charge in [-0.3, -0.25) is 4.79 Å². The molecule has 0 spiro atoms. The molecule has 3 saturated heterocycles. The molecule has 0 aromatic carbocycles. The van der Waals surface area contributed by atoms with Gasteiger partial charge in [-0.1, -0.05) is 212 Å². The van der Waals surface area contributed by atoms with Gasteiger partial charge in [0.05, 0.1) is 38.6 Å². The maximum atomic E-state index is 13.3. The van der Waals surface area contributed by atoms with Crippen LogP contribution in [0.5, 0.6) is 0 Å². The summed E-state index contributed by atoms with van der Waals surface area (Å²) < 4.78 is 34.2. The van der Waals surface area contributed by atoms with Crippen molar-refractivity contribution in [2.45, 2.75) is 330 Å². The highest BCUT2D eigenvalue weighted by Crippen LogP contribution is 2.33. The van der Waals surface area contributed by atoms with Crippen molar-refractivity contribution in [2.24, 2.45) is 0 Å². The number of aliphatic hydroxyl groups excluding tert-OH is 11. The third-order valence-electron chi connectivity index (χ3n) is 15.8. The van der Waals surface area contributed by atoms with Crippen molar-refractivity contribution >= 4 is 5.91 Å². The minimum absolute atomic E-state index is 0.249. The van der Waals surface area contributed by atoms with Crippen LogP contribution in [0.4, 0.5) is 0 Å². The zero-order valence-electron chi connectivity index (χ0n) is 47.9. The van der Waals surface area contributed by atoms with Crippen LogP contribution in [0.3, 0.4) is 0 Å². The summed E-state index contributed by atoms with van der Waals surface area (Å²) in [6.07, 6.45) is 16.3. The van der Waals surface area contributed by atoms with Crippen molar-refractivity contribution in [2.75, 3.05) is 26.4 Å². The molecule has 3 rings (SSSR count). The molecule has 0 radical (unpaired) electrons. The molecule has 3 aliphatic rings. The fraction of sp³-hybridized carbons (Fsp3) is 0.949. The second-order valence-electron chi connectivity index (χ2n) is 22.5. The lowest BCUT2D eigenvalue weighted by molar-refractivity contribution is -0.379. The van der Waals surface area contributed by atoms with Crippen LogP contribution in [0.2, 0.25) is 0 Å². The Morgan fingerprint density at radius 1 is 0.449 bits per heavy atom. The van der Waals surface area contributed by atoms with E-state index in [1.165, 1.54) is 154 Å². The van der Waals surface area contributed by atoms with E-state index in [0.717, 1.165) is 44.9 Å². The summed E-state index contributed by atoms with van der Waals surface area (Å²) in [5.41, 5.74) is 0. The van der Waals surface area contributed by atoms with Gasteiger partial charge < -0.3 is 89.9 Å². The number of carbonyl (C=O) groups is 1. The molecule has 0 bridgehead atoms. The topological polar surface area (TPSA) is 307 Å². The molecule has 12 N–H and O–H groups in total. The van der Waals surface area contributed by atoms with Crippen LogP contribution in [-0.4, -0.2) is 193 Å². The van der Waals surface area contributed by atoms with Gasteiger partial charge in [-0.05, 0) is 19.3 Å². The number of carbonyl (C=O) groups excluding carboxylic acids is 1. The van der Waals surface area contributed by atoms with Gasteiger partial charge in [0.15, 0.2) is 18.9 Å². The van der Waals surface area contributed by atoms with E-state index in [9.17, 15) is 61.0 Å². The molecule has 17 unspecified atom stereocenters. The van der Waals surface area contributed by atoms with Crippen LogP contribution < -0.4 is 5.32 Å². The number of ether oxygens (including phenoxy) is 6. The van der Waals surface area contributed by atoms with E-state index >= 15 is 0 Å². The minimum atomic E-state index is -1.97. The minimum Gasteiger partial charge on any atom is -0.394 e. The fourth-order valence-electron chi connectivity index (χ4n) is 10.7. The van der Waals surface area contributed by atoms with Crippen LogP contribution in [0.15, 0.2) is 12.2 Å². The highest BCUT2D eigenvalue weighted by atomic mass is 16.8. The summed E-state index contributed by atoms with van der Waals surface area (Å²) in [4.78, 5) is 13.3. The molecule has 17 atom stereocenters. The Balaban J connectivity index is 1.45. The number of nitrogens with one attached hydrogen (secondary N) is 1. The van der Waals surface area contributed by atoms with E-state index in [1.807, 2.05) is 6.08 Å². The molecule has 0 saturated carbocycles. The molecule has 0 aromatic heterocycles. The number of aliphatic hydroxyl groups is 11. The van der Waals surface area contributed by atoms with E-state index < -0.39 is 124 Å². The van der Waals surface area contributed by atoms with E-state index in [2.05, 4.69) is 19.2 Å². The van der Waals surface area contributed by atoms with E-state index in [-0.39, 0.29) is 18.9 Å². The average Bonchev–Trinajstić information content (AvgIpc) is 3.45. The highest BCUT2D eigenvalue weighted by molar-refractivity contribution is 5.76. The third-order valence-corrected chi connectivity index (χ3v) is 15.8. The van der Waals surface area contributed by atoms with Gasteiger partial charge >= 0.3 is 0 Å². The molecule has 78 heavy (non-hydrogen) atoms. The van der Waals surface area contributed by atoms with Crippen molar-refractivity contribution in [3.63, 3.8) is 0 Å². The van der Waals surface area contributed by atoms with E-state index in [0.29, 0.717) is 6.42 Å². The molecule has 1 amide bonds. The number of rotatable bonds is 46. The van der Waals surface area contributed by atoms with Crippen LogP contribution in [-0.2, 0) is 33.2 Å². The van der Waals surface area contributed by atoms with Gasteiger partial charge in [0, 0.05) is 6.42 Å². The Labute approximate surface area is 467 Å². The van der Waals surface area contributed by atoms with Gasteiger partial charge in [0.1, 0.15) is 73.2 Å². The highest BCUT2D eigenvalue weighted by Gasteiger charge is 2.53. The normalized spacial score (nSPS) is 30.5. The zero-order chi connectivity index (χ0) is 56.9. The predicted molar refractivity (Wildman–Crippen MR) is 296 cm³/mol. The maximum absolute atomic E-state index is 13.3. The van der Waals surface area contributed by atoms with Gasteiger partial charge in [0.25, 0.3) is 0 Å². The summed E-state index contributed by atoms with van der Waals surface area (Å²) >= 11 is 0. The number of amides is 1. The number of unbranched alkanes of at least 4 members (excludes halogenated alkanes) is 30. The van der Waals surface area contributed by atoms with Gasteiger partial charge in [-0.2, -0.15) is 0 Å². The summed E-state index contributed by atoms with van der Waals surface area (Å²) in [5.74, 6) is -0.273. The van der Waals surface area contributed by atoms with E-state index in [1.54, 1.807) is 6.08 Å². The second kappa shape index (κ2) is 43.2. The molecule has 3 fully saturated rings. The largest absolute Gasteiger partial charge is 0.394 e. The standard InChI is InChI=1S/C59H111NO18/c1-3-5-7-9-11-13-15-16-17-18-19-20-21-22-23-24-25-27-29-31-33-35-37-47(65)60-42(43(64)36-34-32-30-28-26-14-12-10-8-6-4-2)41-73-57-53(71)50(68)55(45(39-62)75-57)78-59-54(72)51(69)56(46(40-63)76-59)77-58-52(70)49(67)48(66)44(38-61)74-58/h34,36,42-46,48-59,61-64,66-72H,3-33,35,37-41H2,1-2H3,(H,60,65)/b36-34+. The molecule has 3 aliphatic heterocycles. The first kappa shape index (κ1) is 70.8. The lowest BCUT2D eigenvalue weighted by Crippen LogP contribution is -2.66. The van der Waals surface area contributed by atoms with Crippen molar-refractivity contribution in [3.05, 3.63) is 12.2 Å². The summed E-state index contributed by atoms with van der Waals surface area (Å²) in [5, 5.41) is 120. The van der Waals surface area contributed by atoms with Gasteiger partial charge in [-0.25, -0.2) is 0 Å². The molecule has 0 aliphatic carbocycles. The monoisotopic (exact) mass is 1120 g/mol.